The average molecular weight is 211 g/mol. The van der Waals surface area contributed by atoms with Gasteiger partial charge in [-0.3, -0.25) is 9.69 Å². The Bertz CT molecular complexity index is 185. The van der Waals surface area contributed by atoms with Crippen LogP contribution in [-0.4, -0.2) is 30.8 Å². The average Bonchev–Trinajstić information content (AvgIpc) is 2.70. The van der Waals surface area contributed by atoms with E-state index >= 15 is 0 Å². The van der Waals surface area contributed by atoms with Crippen molar-refractivity contribution in [1.29, 1.82) is 0 Å². The molecule has 2 heteroatoms. The van der Waals surface area contributed by atoms with Gasteiger partial charge < -0.3 is 0 Å². The lowest BCUT2D eigenvalue weighted by molar-refractivity contribution is -0.123. The van der Waals surface area contributed by atoms with Gasteiger partial charge in [0.1, 0.15) is 5.78 Å². The maximum atomic E-state index is 11.8. The highest BCUT2D eigenvalue weighted by Gasteiger charge is 2.22. The van der Waals surface area contributed by atoms with Crippen LogP contribution in [0, 0.1) is 5.92 Å². The zero-order valence-corrected chi connectivity index (χ0v) is 10.3. The first kappa shape index (κ1) is 12.7. The largest absolute Gasteiger partial charge is 0.299 e. The van der Waals surface area contributed by atoms with E-state index in [1.54, 1.807) is 0 Å². The first-order valence-electron chi connectivity index (χ1n) is 6.45. The van der Waals surface area contributed by atoms with E-state index in [4.69, 9.17) is 0 Å². The molecular weight excluding hydrogens is 186 g/mol. The van der Waals surface area contributed by atoms with E-state index in [2.05, 4.69) is 18.9 Å². The smallest absolute Gasteiger partial charge is 0.149 e. The molecule has 0 radical (unpaired) electrons. The third-order valence-electron chi connectivity index (χ3n) is 3.38. The number of ketones is 1. The number of nitrogens with zero attached hydrogens (tertiary/aromatic N) is 1. The monoisotopic (exact) mass is 211 g/mol. The maximum absolute atomic E-state index is 11.8. The first-order chi connectivity index (χ1) is 7.24. The molecule has 88 valence electrons. The number of Topliss-reactive ketones (excluding diaryl/α,β-unsaturated/α-hetero) is 1. The van der Waals surface area contributed by atoms with Gasteiger partial charge in [0.25, 0.3) is 0 Å². The van der Waals surface area contributed by atoms with E-state index in [1.165, 1.54) is 32.1 Å². The Hall–Kier alpha value is -0.370. The van der Waals surface area contributed by atoms with E-state index < -0.39 is 0 Å². The number of likely N-dealkylation sites (N-methyl/N-ethyl adjacent to an activating group) is 1. The van der Waals surface area contributed by atoms with Crippen LogP contribution >= 0.6 is 0 Å². The molecule has 0 aromatic carbocycles. The van der Waals surface area contributed by atoms with E-state index in [1.807, 2.05) is 0 Å². The topological polar surface area (TPSA) is 20.3 Å². The van der Waals surface area contributed by atoms with Crippen LogP contribution < -0.4 is 0 Å². The van der Waals surface area contributed by atoms with Crippen LogP contribution in [0.5, 0.6) is 0 Å². The van der Waals surface area contributed by atoms with Crippen molar-refractivity contribution in [3.63, 3.8) is 0 Å². The maximum Gasteiger partial charge on any atom is 0.149 e. The van der Waals surface area contributed by atoms with Crippen molar-refractivity contribution >= 4 is 5.78 Å². The summed E-state index contributed by atoms with van der Waals surface area (Å²) in [5, 5.41) is 0. The lowest BCUT2D eigenvalue weighted by Gasteiger charge is -2.17. The minimum Gasteiger partial charge on any atom is -0.299 e. The van der Waals surface area contributed by atoms with Crippen molar-refractivity contribution in [2.24, 2.45) is 5.92 Å². The van der Waals surface area contributed by atoms with Gasteiger partial charge in [-0.2, -0.15) is 0 Å². The van der Waals surface area contributed by atoms with Gasteiger partial charge in [0, 0.05) is 5.92 Å². The normalized spacial score (nSPS) is 17.5. The molecule has 0 spiro atoms. The SMILES string of the molecule is CCCCCN(C)CC(=O)C1CCCC1. The Balaban J connectivity index is 2.13. The van der Waals surface area contributed by atoms with E-state index in [0.717, 1.165) is 19.4 Å². The summed E-state index contributed by atoms with van der Waals surface area (Å²) in [4.78, 5) is 14.0. The Morgan fingerprint density at radius 3 is 2.53 bits per heavy atom. The lowest BCUT2D eigenvalue weighted by Crippen LogP contribution is -2.30. The summed E-state index contributed by atoms with van der Waals surface area (Å²) in [6, 6.07) is 0. The number of hydrogen-bond donors (Lipinski definition) is 0. The predicted octanol–water partition coefficient (Wildman–Crippen LogP) is 2.87. The van der Waals surface area contributed by atoms with Crippen molar-refractivity contribution in [2.75, 3.05) is 20.1 Å². The molecule has 0 aliphatic heterocycles. The Morgan fingerprint density at radius 2 is 1.93 bits per heavy atom. The summed E-state index contributed by atoms with van der Waals surface area (Å²) >= 11 is 0. The Kier molecular flexibility index (Phi) is 5.92. The van der Waals surface area contributed by atoms with Gasteiger partial charge in [-0.1, -0.05) is 32.6 Å². The van der Waals surface area contributed by atoms with Crippen molar-refractivity contribution in [1.82, 2.24) is 4.90 Å². The second-order valence-corrected chi connectivity index (χ2v) is 4.89. The molecule has 1 aliphatic carbocycles. The summed E-state index contributed by atoms with van der Waals surface area (Å²) in [5.41, 5.74) is 0. The Morgan fingerprint density at radius 1 is 1.27 bits per heavy atom. The summed E-state index contributed by atoms with van der Waals surface area (Å²) in [7, 11) is 2.07. The second kappa shape index (κ2) is 7.00. The number of unbranched alkanes of at least 4 members (excludes halogenated alkanes) is 2. The quantitative estimate of drug-likeness (QED) is 0.603. The molecule has 0 saturated heterocycles. The van der Waals surface area contributed by atoms with Crippen LogP contribution in [0.25, 0.3) is 0 Å². The zero-order valence-electron chi connectivity index (χ0n) is 10.3. The molecule has 15 heavy (non-hydrogen) atoms. The highest BCUT2D eigenvalue weighted by atomic mass is 16.1. The van der Waals surface area contributed by atoms with Crippen molar-refractivity contribution in [3.05, 3.63) is 0 Å². The molecule has 0 atom stereocenters. The molecule has 0 heterocycles. The molecule has 0 aromatic rings. The van der Waals surface area contributed by atoms with Crippen LogP contribution in [-0.2, 0) is 4.79 Å². The fourth-order valence-corrected chi connectivity index (χ4v) is 2.35. The van der Waals surface area contributed by atoms with Gasteiger partial charge in [0.05, 0.1) is 6.54 Å². The zero-order chi connectivity index (χ0) is 11.1. The third-order valence-corrected chi connectivity index (χ3v) is 3.38. The number of hydrogen-bond acceptors (Lipinski definition) is 2. The third kappa shape index (κ3) is 4.78. The predicted molar refractivity (Wildman–Crippen MR) is 64.0 cm³/mol. The fourth-order valence-electron chi connectivity index (χ4n) is 2.35. The van der Waals surface area contributed by atoms with Crippen molar-refractivity contribution in [3.8, 4) is 0 Å². The second-order valence-electron chi connectivity index (χ2n) is 4.89. The van der Waals surface area contributed by atoms with E-state index in [0.29, 0.717) is 18.2 Å². The molecule has 0 unspecified atom stereocenters. The van der Waals surface area contributed by atoms with Gasteiger partial charge in [-0.25, -0.2) is 0 Å². The standard InChI is InChI=1S/C13H25NO/c1-3-4-7-10-14(2)11-13(15)12-8-5-6-9-12/h12H,3-11H2,1-2H3. The summed E-state index contributed by atoms with van der Waals surface area (Å²) in [6.07, 6.45) is 8.56. The molecule has 0 amide bonds. The summed E-state index contributed by atoms with van der Waals surface area (Å²) in [6.45, 7) is 3.96. The molecule has 2 nitrogen and oxygen atoms in total. The molecule has 0 bridgehead atoms. The molecule has 1 rings (SSSR count). The number of rotatable bonds is 7. The molecule has 0 aromatic heterocycles. The molecule has 0 N–H and O–H groups in total. The van der Waals surface area contributed by atoms with Gasteiger partial charge in [-0.15, -0.1) is 0 Å². The lowest BCUT2D eigenvalue weighted by atomic mass is 10.0. The fraction of sp³-hybridized carbons (Fsp3) is 0.923. The number of carbonyl (C=O) groups is 1. The van der Waals surface area contributed by atoms with Gasteiger partial charge >= 0.3 is 0 Å². The molecular formula is C13H25NO. The van der Waals surface area contributed by atoms with Crippen LogP contribution in [0.2, 0.25) is 0 Å². The first-order valence-corrected chi connectivity index (χ1v) is 6.45. The van der Waals surface area contributed by atoms with Crippen molar-refractivity contribution in [2.45, 2.75) is 51.9 Å². The van der Waals surface area contributed by atoms with Crippen LogP contribution in [0.3, 0.4) is 0 Å². The molecule has 1 fully saturated rings. The summed E-state index contributed by atoms with van der Waals surface area (Å²) < 4.78 is 0. The van der Waals surface area contributed by atoms with Crippen LogP contribution in [0.15, 0.2) is 0 Å². The Labute approximate surface area is 94.0 Å². The van der Waals surface area contributed by atoms with Crippen molar-refractivity contribution < 1.29 is 4.79 Å². The van der Waals surface area contributed by atoms with Crippen LogP contribution in [0.1, 0.15) is 51.9 Å². The van der Waals surface area contributed by atoms with Crippen LogP contribution in [0.4, 0.5) is 0 Å². The minimum atomic E-state index is 0.388. The van der Waals surface area contributed by atoms with E-state index in [-0.39, 0.29) is 0 Å². The molecule has 1 aliphatic rings. The van der Waals surface area contributed by atoms with Gasteiger partial charge in [0.2, 0.25) is 0 Å². The highest BCUT2D eigenvalue weighted by Crippen LogP contribution is 2.25. The number of carbonyl (C=O) groups excluding carboxylic acids is 1. The van der Waals surface area contributed by atoms with Gasteiger partial charge in [-0.05, 0) is 32.9 Å². The minimum absolute atomic E-state index is 0.388. The summed E-state index contributed by atoms with van der Waals surface area (Å²) in [5.74, 6) is 0.866. The van der Waals surface area contributed by atoms with E-state index in [9.17, 15) is 4.79 Å². The molecule has 1 saturated carbocycles. The van der Waals surface area contributed by atoms with Gasteiger partial charge in [0.15, 0.2) is 0 Å². The highest BCUT2D eigenvalue weighted by molar-refractivity contribution is 5.83.